The van der Waals surface area contributed by atoms with Crippen molar-refractivity contribution in [1.29, 1.82) is 0 Å². The number of fused-ring (bicyclic) bond motifs is 2. The fraction of sp³-hybridized carbons (Fsp3) is 0.308. The van der Waals surface area contributed by atoms with Crippen LogP contribution in [0, 0.1) is 0 Å². The van der Waals surface area contributed by atoms with Crippen molar-refractivity contribution < 1.29 is 0 Å². The molecule has 0 saturated heterocycles. The van der Waals surface area contributed by atoms with Gasteiger partial charge in [0, 0.05) is 17.5 Å². The molecule has 0 bridgehead atoms. The maximum absolute atomic E-state index is 6.10. The molecule has 1 aromatic carbocycles. The minimum Gasteiger partial charge on any atom is -0.324 e. The minimum atomic E-state index is 0.0411. The van der Waals surface area contributed by atoms with E-state index in [0.717, 1.165) is 35.0 Å². The summed E-state index contributed by atoms with van der Waals surface area (Å²) in [5.41, 5.74) is 15.3. The molecule has 0 fully saturated rings. The van der Waals surface area contributed by atoms with Gasteiger partial charge < -0.3 is 11.5 Å². The third-order valence-electron chi connectivity index (χ3n) is 3.32. The highest BCUT2D eigenvalue weighted by molar-refractivity contribution is 5.79. The molecule has 0 amide bonds. The number of nitrogens with two attached hydrogens (primary N) is 2. The molecule has 3 rings (SSSR count). The largest absolute Gasteiger partial charge is 0.324 e. The van der Waals surface area contributed by atoms with Crippen molar-refractivity contribution in [3.8, 4) is 0 Å². The maximum atomic E-state index is 6.10. The summed E-state index contributed by atoms with van der Waals surface area (Å²) in [6.45, 7) is 0. The number of pyridine rings is 1. The Morgan fingerprint density at radius 2 is 1.81 bits per heavy atom. The van der Waals surface area contributed by atoms with Crippen LogP contribution in [0.2, 0.25) is 0 Å². The van der Waals surface area contributed by atoms with E-state index in [4.69, 9.17) is 11.5 Å². The van der Waals surface area contributed by atoms with E-state index in [1.165, 1.54) is 0 Å². The molecule has 1 heterocycles. The Morgan fingerprint density at radius 3 is 2.69 bits per heavy atom. The molecule has 0 spiro atoms. The number of para-hydroxylation sites is 1. The standard InChI is InChI=1S/C13H15N3/c14-10-5-6-11(15)13-9(10)7-8-3-1-2-4-12(8)16-13/h1-4,7,10-11H,5-6,14-15H2. The number of benzene rings is 1. The Balaban J connectivity index is 2.28. The summed E-state index contributed by atoms with van der Waals surface area (Å²) < 4.78 is 0. The number of hydrogen-bond acceptors (Lipinski definition) is 3. The van der Waals surface area contributed by atoms with Gasteiger partial charge in [-0.15, -0.1) is 0 Å². The second-order valence-electron chi connectivity index (χ2n) is 4.45. The van der Waals surface area contributed by atoms with Crippen LogP contribution in [0.15, 0.2) is 30.3 Å². The first-order valence-corrected chi connectivity index (χ1v) is 5.66. The van der Waals surface area contributed by atoms with E-state index in [0.29, 0.717) is 0 Å². The molecule has 82 valence electrons. The van der Waals surface area contributed by atoms with E-state index < -0.39 is 0 Å². The first-order valence-electron chi connectivity index (χ1n) is 5.66. The van der Waals surface area contributed by atoms with Gasteiger partial charge >= 0.3 is 0 Å². The predicted molar refractivity (Wildman–Crippen MR) is 64.8 cm³/mol. The second kappa shape index (κ2) is 3.54. The van der Waals surface area contributed by atoms with E-state index in [1.54, 1.807) is 0 Å². The van der Waals surface area contributed by atoms with Gasteiger partial charge in [0.25, 0.3) is 0 Å². The molecule has 16 heavy (non-hydrogen) atoms. The van der Waals surface area contributed by atoms with Gasteiger partial charge in [0.1, 0.15) is 0 Å². The van der Waals surface area contributed by atoms with Crippen LogP contribution >= 0.6 is 0 Å². The summed E-state index contributed by atoms with van der Waals surface area (Å²) in [6, 6.07) is 10.4. The Bertz CT molecular complexity index is 487. The third-order valence-corrected chi connectivity index (χ3v) is 3.32. The number of rotatable bonds is 0. The van der Waals surface area contributed by atoms with Gasteiger partial charge in [0.2, 0.25) is 0 Å². The van der Waals surface area contributed by atoms with Crippen LogP contribution in [0.3, 0.4) is 0 Å². The van der Waals surface area contributed by atoms with Crippen molar-refractivity contribution in [3.63, 3.8) is 0 Å². The van der Waals surface area contributed by atoms with Crippen molar-refractivity contribution in [2.24, 2.45) is 11.5 Å². The number of aromatic nitrogens is 1. The molecule has 3 heteroatoms. The average molecular weight is 213 g/mol. The van der Waals surface area contributed by atoms with Crippen LogP contribution < -0.4 is 11.5 Å². The monoisotopic (exact) mass is 213 g/mol. The van der Waals surface area contributed by atoms with E-state index in [9.17, 15) is 0 Å². The summed E-state index contributed by atoms with van der Waals surface area (Å²) in [6.07, 6.45) is 1.88. The summed E-state index contributed by atoms with van der Waals surface area (Å²) in [5, 5.41) is 1.14. The van der Waals surface area contributed by atoms with Gasteiger partial charge in [-0.25, -0.2) is 0 Å². The lowest BCUT2D eigenvalue weighted by atomic mass is 9.88. The fourth-order valence-corrected chi connectivity index (χ4v) is 2.39. The van der Waals surface area contributed by atoms with Gasteiger partial charge in [-0.05, 0) is 30.5 Å². The Kier molecular flexibility index (Phi) is 2.16. The fourth-order valence-electron chi connectivity index (χ4n) is 2.39. The van der Waals surface area contributed by atoms with E-state index >= 15 is 0 Å². The number of nitrogens with zero attached hydrogens (tertiary/aromatic N) is 1. The molecule has 0 radical (unpaired) electrons. The molecule has 2 atom stereocenters. The molecule has 0 saturated carbocycles. The van der Waals surface area contributed by atoms with Crippen molar-refractivity contribution >= 4 is 10.9 Å². The van der Waals surface area contributed by atoms with Gasteiger partial charge in [-0.2, -0.15) is 0 Å². The van der Waals surface area contributed by atoms with Crippen LogP contribution in [0.1, 0.15) is 36.2 Å². The van der Waals surface area contributed by atoms with Crippen molar-refractivity contribution in [1.82, 2.24) is 4.98 Å². The summed E-state index contributed by atoms with van der Waals surface area (Å²) in [7, 11) is 0. The first-order chi connectivity index (χ1) is 7.75. The number of hydrogen-bond donors (Lipinski definition) is 2. The highest BCUT2D eigenvalue weighted by Crippen LogP contribution is 2.33. The zero-order chi connectivity index (χ0) is 11.1. The van der Waals surface area contributed by atoms with Gasteiger partial charge in [-0.3, -0.25) is 4.98 Å². The van der Waals surface area contributed by atoms with Crippen molar-refractivity contribution in [2.75, 3.05) is 0 Å². The lowest BCUT2D eigenvalue weighted by Gasteiger charge is -2.26. The Morgan fingerprint density at radius 1 is 1.06 bits per heavy atom. The van der Waals surface area contributed by atoms with Gasteiger partial charge in [-0.1, -0.05) is 18.2 Å². The van der Waals surface area contributed by atoms with Crippen LogP contribution in [-0.2, 0) is 0 Å². The van der Waals surface area contributed by atoms with Crippen LogP contribution in [0.4, 0.5) is 0 Å². The zero-order valence-corrected chi connectivity index (χ0v) is 9.06. The van der Waals surface area contributed by atoms with Gasteiger partial charge in [0.05, 0.1) is 11.2 Å². The first kappa shape index (κ1) is 9.75. The molecule has 2 aromatic rings. The molecule has 1 aliphatic rings. The Hall–Kier alpha value is -1.45. The lowest BCUT2D eigenvalue weighted by Crippen LogP contribution is -2.25. The highest BCUT2D eigenvalue weighted by Gasteiger charge is 2.24. The third kappa shape index (κ3) is 1.40. The average Bonchev–Trinajstić information content (AvgIpc) is 2.32. The molecular weight excluding hydrogens is 198 g/mol. The normalized spacial score (nSPS) is 24.4. The van der Waals surface area contributed by atoms with Crippen molar-refractivity contribution in [2.45, 2.75) is 24.9 Å². The van der Waals surface area contributed by atoms with Crippen molar-refractivity contribution in [3.05, 3.63) is 41.6 Å². The molecule has 0 aliphatic heterocycles. The molecular formula is C13H15N3. The summed E-state index contributed by atoms with van der Waals surface area (Å²) in [5.74, 6) is 0. The molecule has 2 unspecified atom stereocenters. The van der Waals surface area contributed by atoms with E-state index in [2.05, 4.69) is 17.1 Å². The molecule has 1 aromatic heterocycles. The maximum Gasteiger partial charge on any atom is 0.0706 e. The SMILES string of the molecule is NC1CCC(N)c2nc3ccccc3cc21. The molecule has 4 N–H and O–H groups in total. The smallest absolute Gasteiger partial charge is 0.0706 e. The predicted octanol–water partition coefficient (Wildman–Crippen LogP) is 2.03. The zero-order valence-electron chi connectivity index (χ0n) is 9.06. The van der Waals surface area contributed by atoms with Gasteiger partial charge in [0.15, 0.2) is 0 Å². The molecule has 1 aliphatic carbocycles. The second-order valence-corrected chi connectivity index (χ2v) is 4.45. The van der Waals surface area contributed by atoms with Crippen LogP contribution in [-0.4, -0.2) is 4.98 Å². The van der Waals surface area contributed by atoms with Crippen LogP contribution in [0.25, 0.3) is 10.9 Å². The summed E-state index contributed by atoms with van der Waals surface area (Å²) >= 11 is 0. The van der Waals surface area contributed by atoms with Crippen LogP contribution in [0.5, 0.6) is 0 Å². The van der Waals surface area contributed by atoms with E-state index in [-0.39, 0.29) is 12.1 Å². The minimum absolute atomic E-state index is 0.0411. The summed E-state index contributed by atoms with van der Waals surface area (Å²) in [4.78, 5) is 4.64. The topological polar surface area (TPSA) is 64.9 Å². The molecule has 3 nitrogen and oxygen atoms in total. The lowest BCUT2D eigenvalue weighted by molar-refractivity contribution is 0.491. The highest BCUT2D eigenvalue weighted by atomic mass is 14.8. The van der Waals surface area contributed by atoms with E-state index in [1.807, 2.05) is 18.2 Å². The Labute approximate surface area is 94.5 Å². The quantitative estimate of drug-likeness (QED) is 0.703.